The lowest BCUT2D eigenvalue weighted by molar-refractivity contribution is -0.137. The third kappa shape index (κ3) is 4.34. The minimum atomic E-state index is -0.356. The number of imide groups is 1. The molecule has 7 heteroatoms. The van der Waals surface area contributed by atoms with Gasteiger partial charge in [0.15, 0.2) is 0 Å². The van der Waals surface area contributed by atoms with E-state index in [1.165, 1.54) is 17.7 Å². The summed E-state index contributed by atoms with van der Waals surface area (Å²) in [6.07, 6.45) is 5.71. The van der Waals surface area contributed by atoms with E-state index in [0.29, 0.717) is 16.2 Å². The number of halogens is 1. The number of anilines is 2. The van der Waals surface area contributed by atoms with Gasteiger partial charge in [0.1, 0.15) is 5.70 Å². The average Bonchev–Trinajstić information content (AvgIpc) is 3.45. The van der Waals surface area contributed by atoms with Gasteiger partial charge in [0.25, 0.3) is 11.8 Å². The van der Waals surface area contributed by atoms with Crippen LogP contribution in [0.5, 0.6) is 0 Å². The zero-order valence-electron chi connectivity index (χ0n) is 18.0. The molecule has 0 aliphatic carbocycles. The molecule has 6 nitrogen and oxygen atoms in total. The SMILES string of the molecule is O=C1C(Nc2ccc(N3CCCC3)cc2)=C(c2ccc(Cl)cc2)C(=O)N1Cc1ccncc1. The van der Waals surface area contributed by atoms with E-state index in [4.69, 9.17) is 11.6 Å². The molecule has 2 aromatic carbocycles. The predicted octanol–water partition coefficient (Wildman–Crippen LogP) is 4.73. The van der Waals surface area contributed by atoms with Crippen molar-refractivity contribution in [3.05, 3.63) is 94.9 Å². The molecule has 2 amide bonds. The quantitative estimate of drug-likeness (QED) is 0.541. The molecule has 0 radical (unpaired) electrons. The van der Waals surface area contributed by atoms with Gasteiger partial charge >= 0.3 is 0 Å². The Labute approximate surface area is 197 Å². The minimum Gasteiger partial charge on any atom is -0.372 e. The van der Waals surface area contributed by atoms with Gasteiger partial charge in [0, 0.05) is 41.9 Å². The number of carbonyl (C=O) groups excluding carboxylic acids is 2. The molecule has 33 heavy (non-hydrogen) atoms. The Bertz CT molecular complexity index is 1200. The van der Waals surface area contributed by atoms with E-state index in [1.807, 2.05) is 24.3 Å². The van der Waals surface area contributed by atoms with Crippen molar-refractivity contribution < 1.29 is 9.59 Å². The third-order valence-corrected chi connectivity index (χ3v) is 6.25. The summed E-state index contributed by atoms with van der Waals surface area (Å²) in [6, 6.07) is 18.5. The van der Waals surface area contributed by atoms with Crippen LogP contribution in [0.15, 0.2) is 78.8 Å². The Morgan fingerprint density at radius 3 is 2.18 bits per heavy atom. The zero-order valence-corrected chi connectivity index (χ0v) is 18.8. The lowest BCUT2D eigenvalue weighted by Crippen LogP contribution is -2.32. The number of amides is 2. The molecule has 0 bridgehead atoms. The second-order valence-electron chi connectivity index (χ2n) is 8.17. The van der Waals surface area contributed by atoms with Gasteiger partial charge in [0.2, 0.25) is 0 Å². The third-order valence-electron chi connectivity index (χ3n) is 6.00. The molecule has 0 spiro atoms. The van der Waals surface area contributed by atoms with Crippen LogP contribution in [0.2, 0.25) is 5.02 Å². The average molecular weight is 459 g/mol. The van der Waals surface area contributed by atoms with Crippen LogP contribution in [0.25, 0.3) is 5.57 Å². The van der Waals surface area contributed by atoms with Crippen molar-refractivity contribution >= 4 is 40.4 Å². The van der Waals surface area contributed by atoms with Crippen LogP contribution < -0.4 is 10.2 Å². The second kappa shape index (κ2) is 9.08. The maximum Gasteiger partial charge on any atom is 0.278 e. The summed E-state index contributed by atoms with van der Waals surface area (Å²) < 4.78 is 0. The fraction of sp³-hybridized carbons (Fsp3) is 0.192. The van der Waals surface area contributed by atoms with Gasteiger partial charge in [-0.3, -0.25) is 19.5 Å². The first-order chi connectivity index (χ1) is 16.1. The zero-order chi connectivity index (χ0) is 22.8. The monoisotopic (exact) mass is 458 g/mol. The van der Waals surface area contributed by atoms with E-state index in [-0.39, 0.29) is 24.1 Å². The van der Waals surface area contributed by atoms with Crippen molar-refractivity contribution in [2.75, 3.05) is 23.3 Å². The highest BCUT2D eigenvalue weighted by atomic mass is 35.5. The molecular formula is C26H23ClN4O2. The fourth-order valence-corrected chi connectivity index (χ4v) is 4.39. The maximum absolute atomic E-state index is 13.4. The first kappa shape index (κ1) is 21.2. The van der Waals surface area contributed by atoms with Crippen LogP contribution in [0.1, 0.15) is 24.0 Å². The molecule has 0 atom stereocenters. The number of benzene rings is 2. The molecule has 0 saturated carbocycles. The van der Waals surface area contributed by atoms with E-state index in [1.54, 1.807) is 48.8 Å². The Hall–Kier alpha value is -3.64. The predicted molar refractivity (Wildman–Crippen MR) is 130 cm³/mol. The molecule has 1 fully saturated rings. The van der Waals surface area contributed by atoms with Gasteiger partial charge in [-0.2, -0.15) is 0 Å². The summed E-state index contributed by atoms with van der Waals surface area (Å²) in [5, 5.41) is 3.79. The molecule has 1 aromatic heterocycles. The van der Waals surface area contributed by atoms with Gasteiger partial charge in [-0.25, -0.2) is 0 Å². The fourth-order valence-electron chi connectivity index (χ4n) is 4.27. The molecule has 2 aliphatic heterocycles. The molecule has 3 heterocycles. The van der Waals surface area contributed by atoms with E-state index < -0.39 is 0 Å². The van der Waals surface area contributed by atoms with E-state index in [0.717, 1.165) is 30.0 Å². The van der Waals surface area contributed by atoms with Gasteiger partial charge in [-0.1, -0.05) is 23.7 Å². The lowest BCUT2D eigenvalue weighted by Gasteiger charge is -2.18. The highest BCUT2D eigenvalue weighted by Gasteiger charge is 2.39. The van der Waals surface area contributed by atoms with Crippen LogP contribution in [-0.2, 0) is 16.1 Å². The Morgan fingerprint density at radius 1 is 0.848 bits per heavy atom. The minimum absolute atomic E-state index is 0.177. The van der Waals surface area contributed by atoms with Crippen molar-refractivity contribution in [1.29, 1.82) is 0 Å². The first-order valence-electron chi connectivity index (χ1n) is 11.0. The lowest BCUT2D eigenvalue weighted by atomic mass is 10.0. The summed E-state index contributed by atoms with van der Waals surface area (Å²) in [6.45, 7) is 2.31. The molecule has 3 aromatic rings. The van der Waals surface area contributed by atoms with Crippen LogP contribution >= 0.6 is 11.6 Å². The molecule has 5 rings (SSSR count). The highest BCUT2D eigenvalue weighted by molar-refractivity contribution is 6.36. The van der Waals surface area contributed by atoms with Gasteiger partial charge in [0.05, 0.1) is 12.1 Å². The largest absolute Gasteiger partial charge is 0.372 e. The molecule has 2 aliphatic rings. The standard InChI is InChI=1S/C26H23ClN4O2/c27-20-5-3-19(4-6-20)23-24(26(33)31(25(23)32)17-18-11-13-28-14-12-18)29-21-7-9-22(10-8-21)30-15-1-2-16-30/h3-14,29H,1-2,15-17H2. The molecule has 0 unspecified atom stereocenters. The number of rotatable bonds is 6. The van der Waals surface area contributed by atoms with E-state index >= 15 is 0 Å². The topological polar surface area (TPSA) is 65.5 Å². The highest BCUT2D eigenvalue weighted by Crippen LogP contribution is 2.32. The normalized spacial score (nSPS) is 16.2. The number of nitrogens with zero attached hydrogens (tertiary/aromatic N) is 3. The van der Waals surface area contributed by atoms with Crippen molar-refractivity contribution in [2.45, 2.75) is 19.4 Å². The number of carbonyl (C=O) groups is 2. The summed E-state index contributed by atoms with van der Waals surface area (Å²) in [5.41, 5.74) is 4.01. The van der Waals surface area contributed by atoms with Crippen molar-refractivity contribution in [2.24, 2.45) is 0 Å². The van der Waals surface area contributed by atoms with Crippen LogP contribution in [-0.4, -0.2) is 34.8 Å². The van der Waals surface area contributed by atoms with Crippen LogP contribution in [0, 0.1) is 0 Å². The summed E-state index contributed by atoms with van der Waals surface area (Å²) in [7, 11) is 0. The molecule has 1 N–H and O–H groups in total. The molecular weight excluding hydrogens is 436 g/mol. The molecule has 1 saturated heterocycles. The number of pyridine rings is 1. The Kier molecular flexibility index (Phi) is 5.84. The number of hydrogen-bond acceptors (Lipinski definition) is 5. The number of hydrogen-bond donors (Lipinski definition) is 1. The summed E-state index contributed by atoms with van der Waals surface area (Å²) >= 11 is 6.05. The second-order valence-corrected chi connectivity index (χ2v) is 8.61. The Balaban J connectivity index is 1.47. The van der Waals surface area contributed by atoms with Gasteiger partial charge < -0.3 is 10.2 Å². The smallest absolute Gasteiger partial charge is 0.278 e. The first-order valence-corrected chi connectivity index (χ1v) is 11.4. The van der Waals surface area contributed by atoms with Crippen LogP contribution in [0.3, 0.4) is 0 Å². The van der Waals surface area contributed by atoms with Gasteiger partial charge in [-0.15, -0.1) is 0 Å². The number of nitrogens with one attached hydrogen (secondary N) is 1. The van der Waals surface area contributed by atoms with Gasteiger partial charge in [-0.05, 0) is 72.5 Å². The van der Waals surface area contributed by atoms with Crippen LogP contribution in [0.4, 0.5) is 11.4 Å². The molecule has 166 valence electrons. The van der Waals surface area contributed by atoms with Crippen molar-refractivity contribution in [3.63, 3.8) is 0 Å². The van der Waals surface area contributed by atoms with Crippen molar-refractivity contribution in [3.8, 4) is 0 Å². The Morgan fingerprint density at radius 2 is 1.52 bits per heavy atom. The van der Waals surface area contributed by atoms with E-state index in [2.05, 4.69) is 15.2 Å². The van der Waals surface area contributed by atoms with E-state index in [9.17, 15) is 9.59 Å². The van der Waals surface area contributed by atoms with Crippen molar-refractivity contribution in [1.82, 2.24) is 9.88 Å². The summed E-state index contributed by atoms with van der Waals surface area (Å²) in [4.78, 5) is 34.4. The maximum atomic E-state index is 13.4. The summed E-state index contributed by atoms with van der Waals surface area (Å²) in [5.74, 6) is -0.694. The number of aromatic nitrogens is 1.